The van der Waals surface area contributed by atoms with Crippen molar-refractivity contribution in [3.8, 4) is 0 Å². The van der Waals surface area contributed by atoms with E-state index in [0.717, 1.165) is 18.4 Å². The Kier molecular flexibility index (Phi) is 12.1. The third-order valence-electron chi connectivity index (χ3n) is 4.48. The number of nitrogens with two attached hydrogens (primary N) is 1. The smallest absolute Gasteiger partial charge is 0.306 e. The van der Waals surface area contributed by atoms with Gasteiger partial charge in [-0.05, 0) is 18.5 Å². The molecule has 1 aromatic carbocycles. The van der Waals surface area contributed by atoms with Crippen LogP contribution in [0.15, 0.2) is 30.3 Å². The Bertz CT molecular complexity index is 419. The van der Waals surface area contributed by atoms with E-state index >= 15 is 0 Å². The third kappa shape index (κ3) is 9.71. The molecule has 0 amide bonds. The minimum Gasteiger partial charge on any atom is -0.466 e. The summed E-state index contributed by atoms with van der Waals surface area (Å²) in [5.74, 6) is -0.0734. The molecule has 3 heteroatoms. The quantitative estimate of drug-likeness (QED) is 0.376. The van der Waals surface area contributed by atoms with Gasteiger partial charge >= 0.3 is 5.97 Å². The molecule has 1 atom stereocenters. The minimum atomic E-state index is -0.131. The lowest BCUT2D eigenvalue weighted by Gasteiger charge is -2.14. The van der Waals surface area contributed by atoms with Crippen LogP contribution in [0.4, 0.5) is 0 Å². The summed E-state index contributed by atoms with van der Waals surface area (Å²) in [6, 6.07) is 9.97. The normalized spacial score (nSPS) is 12.1. The van der Waals surface area contributed by atoms with Crippen LogP contribution in [0.5, 0.6) is 0 Å². The Morgan fingerprint density at radius 2 is 1.54 bits per heavy atom. The van der Waals surface area contributed by atoms with E-state index in [1.807, 2.05) is 30.3 Å². The van der Waals surface area contributed by atoms with Crippen LogP contribution in [0.3, 0.4) is 0 Å². The number of esters is 1. The van der Waals surface area contributed by atoms with Crippen molar-refractivity contribution in [2.45, 2.75) is 77.0 Å². The Morgan fingerprint density at radius 3 is 2.12 bits per heavy atom. The second-order valence-corrected chi connectivity index (χ2v) is 6.60. The lowest BCUT2D eigenvalue weighted by molar-refractivity contribution is -0.144. The van der Waals surface area contributed by atoms with Crippen molar-refractivity contribution in [2.75, 3.05) is 13.2 Å². The molecule has 1 rings (SSSR count). The second-order valence-electron chi connectivity index (χ2n) is 6.60. The largest absolute Gasteiger partial charge is 0.466 e. The maximum absolute atomic E-state index is 11.9. The highest BCUT2D eigenvalue weighted by Crippen LogP contribution is 2.18. The monoisotopic (exact) mass is 333 g/mol. The molecule has 24 heavy (non-hydrogen) atoms. The average Bonchev–Trinajstić information content (AvgIpc) is 2.62. The van der Waals surface area contributed by atoms with E-state index in [9.17, 15) is 4.79 Å². The van der Waals surface area contributed by atoms with Crippen molar-refractivity contribution in [3.05, 3.63) is 35.9 Å². The van der Waals surface area contributed by atoms with Crippen molar-refractivity contribution >= 4 is 5.97 Å². The number of hydrogen-bond acceptors (Lipinski definition) is 3. The summed E-state index contributed by atoms with van der Waals surface area (Å²) < 4.78 is 5.36. The van der Waals surface area contributed by atoms with Crippen LogP contribution in [0.25, 0.3) is 0 Å². The molecular formula is C21H35NO2. The van der Waals surface area contributed by atoms with Crippen molar-refractivity contribution in [3.63, 3.8) is 0 Å². The Balaban J connectivity index is 2.03. The molecule has 0 heterocycles. The average molecular weight is 334 g/mol. The fourth-order valence-corrected chi connectivity index (χ4v) is 2.92. The first-order valence-electron chi connectivity index (χ1n) is 9.68. The topological polar surface area (TPSA) is 52.3 Å². The third-order valence-corrected chi connectivity index (χ3v) is 4.48. The molecule has 0 saturated heterocycles. The first-order chi connectivity index (χ1) is 11.8. The lowest BCUT2D eigenvalue weighted by Crippen LogP contribution is -2.18. The summed E-state index contributed by atoms with van der Waals surface area (Å²) in [5.41, 5.74) is 6.91. The van der Waals surface area contributed by atoms with Gasteiger partial charge in [0.15, 0.2) is 0 Å². The molecule has 0 spiro atoms. The number of unbranched alkanes of at least 4 members (excludes halogenated alkanes) is 8. The molecule has 0 radical (unpaired) electrons. The van der Waals surface area contributed by atoms with Crippen LogP contribution < -0.4 is 5.73 Å². The van der Waals surface area contributed by atoms with Gasteiger partial charge in [-0.3, -0.25) is 4.79 Å². The van der Waals surface area contributed by atoms with Crippen LogP contribution in [0, 0.1) is 0 Å². The zero-order chi connectivity index (χ0) is 17.5. The molecule has 3 nitrogen and oxygen atoms in total. The molecule has 0 saturated carbocycles. The summed E-state index contributed by atoms with van der Waals surface area (Å²) in [4.78, 5) is 11.9. The summed E-state index contributed by atoms with van der Waals surface area (Å²) in [5, 5.41) is 0. The van der Waals surface area contributed by atoms with Gasteiger partial charge in [0.2, 0.25) is 0 Å². The molecule has 2 N–H and O–H groups in total. The van der Waals surface area contributed by atoms with E-state index in [2.05, 4.69) is 6.92 Å². The number of rotatable bonds is 14. The van der Waals surface area contributed by atoms with Crippen molar-refractivity contribution in [1.29, 1.82) is 0 Å². The SMILES string of the molecule is CCCCCCCCCCCOC(=O)CC(CN)c1ccccc1. The van der Waals surface area contributed by atoms with Gasteiger partial charge in [0.1, 0.15) is 0 Å². The van der Waals surface area contributed by atoms with Gasteiger partial charge in [0, 0.05) is 5.92 Å². The highest BCUT2D eigenvalue weighted by molar-refractivity contribution is 5.70. The van der Waals surface area contributed by atoms with E-state index in [-0.39, 0.29) is 11.9 Å². The predicted molar refractivity (Wildman–Crippen MR) is 101 cm³/mol. The van der Waals surface area contributed by atoms with Gasteiger partial charge in [0.05, 0.1) is 13.0 Å². The first-order valence-corrected chi connectivity index (χ1v) is 9.68. The van der Waals surface area contributed by atoms with Gasteiger partial charge in [-0.2, -0.15) is 0 Å². The van der Waals surface area contributed by atoms with Crippen LogP contribution >= 0.6 is 0 Å². The standard InChI is InChI=1S/C21H35NO2/c1-2-3-4-5-6-7-8-9-13-16-24-21(23)17-20(18-22)19-14-11-10-12-15-19/h10-12,14-15,20H,2-9,13,16-18,22H2,1H3. The number of carbonyl (C=O) groups is 1. The number of hydrogen-bond donors (Lipinski definition) is 1. The Hall–Kier alpha value is -1.35. The minimum absolute atomic E-state index is 0.0572. The second kappa shape index (κ2) is 14.0. The molecule has 0 fully saturated rings. The van der Waals surface area contributed by atoms with Crippen molar-refractivity contribution in [2.24, 2.45) is 5.73 Å². The van der Waals surface area contributed by atoms with Crippen LogP contribution in [0.2, 0.25) is 0 Å². The zero-order valence-corrected chi connectivity index (χ0v) is 15.3. The summed E-state index contributed by atoms with van der Waals surface area (Å²) >= 11 is 0. The molecule has 136 valence electrons. The van der Waals surface area contributed by atoms with Gasteiger partial charge in [-0.1, -0.05) is 88.6 Å². The Morgan fingerprint density at radius 1 is 0.958 bits per heavy atom. The van der Waals surface area contributed by atoms with E-state index in [4.69, 9.17) is 10.5 Å². The van der Waals surface area contributed by atoms with Gasteiger partial charge < -0.3 is 10.5 Å². The summed E-state index contributed by atoms with van der Waals surface area (Å²) in [6.07, 6.45) is 11.8. The van der Waals surface area contributed by atoms with Crippen molar-refractivity contribution < 1.29 is 9.53 Å². The maximum Gasteiger partial charge on any atom is 0.306 e. The lowest BCUT2D eigenvalue weighted by atomic mass is 9.96. The van der Waals surface area contributed by atoms with E-state index < -0.39 is 0 Å². The fraction of sp³-hybridized carbons (Fsp3) is 0.667. The molecular weight excluding hydrogens is 298 g/mol. The first kappa shape index (κ1) is 20.7. The fourth-order valence-electron chi connectivity index (χ4n) is 2.92. The molecule has 0 aliphatic carbocycles. The molecule has 0 bridgehead atoms. The number of ether oxygens (including phenoxy) is 1. The summed E-state index contributed by atoms with van der Waals surface area (Å²) in [7, 11) is 0. The van der Waals surface area contributed by atoms with E-state index in [1.165, 1.54) is 44.9 Å². The molecule has 0 aliphatic heterocycles. The van der Waals surface area contributed by atoms with Gasteiger partial charge in [0.25, 0.3) is 0 Å². The van der Waals surface area contributed by atoms with E-state index in [0.29, 0.717) is 19.6 Å². The molecule has 1 aromatic rings. The van der Waals surface area contributed by atoms with Gasteiger partial charge in [-0.25, -0.2) is 0 Å². The van der Waals surface area contributed by atoms with Gasteiger partial charge in [-0.15, -0.1) is 0 Å². The Labute approximate surface area is 148 Å². The molecule has 1 unspecified atom stereocenters. The van der Waals surface area contributed by atoms with Crippen LogP contribution in [-0.2, 0) is 9.53 Å². The predicted octanol–water partition coefficient (Wildman–Crippen LogP) is 5.19. The molecule has 0 aromatic heterocycles. The highest BCUT2D eigenvalue weighted by atomic mass is 16.5. The van der Waals surface area contributed by atoms with Crippen LogP contribution in [0.1, 0.15) is 82.6 Å². The maximum atomic E-state index is 11.9. The number of carbonyl (C=O) groups excluding carboxylic acids is 1. The van der Waals surface area contributed by atoms with E-state index in [1.54, 1.807) is 0 Å². The summed E-state index contributed by atoms with van der Waals surface area (Å²) in [6.45, 7) is 3.26. The highest BCUT2D eigenvalue weighted by Gasteiger charge is 2.15. The van der Waals surface area contributed by atoms with Crippen LogP contribution in [-0.4, -0.2) is 19.1 Å². The zero-order valence-electron chi connectivity index (χ0n) is 15.3. The molecule has 0 aliphatic rings. The van der Waals surface area contributed by atoms with Crippen molar-refractivity contribution in [1.82, 2.24) is 0 Å². The number of benzene rings is 1.